The number of hydrogen-bond donors (Lipinski definition) is 1. The highest BCUT2D eigenvalue weighted by Gasteiger charge is 2.31. The lowest BCUT2D eigenvalue weighted by atomic mass is 9.98. The van der Waals surface area contributed by atoms with E-state index in [0.717, 1.165) is 25.1 Å². The van der Waals surface area contributed by atoms with E-state index in [1.54, 1.807) is 0 Å². The fourth-order valence-corrected chi connectivity index (χ4v) is 2.56. The summed E-state index contributed by atoms with van der Waals surface area (Å²) in [4.78, 5) is 14.0. The average Bonchev–Trinajstić information content (AvgIpc) is 2.79. The Balaban J connectivity index is 2.08. The molecule has 0 bridgehead atoms. The van der Waals surface area contributed by atoms with Crippen LogP contribution in [0.25, 0.3) is 0 Å². The molecule has 1 atom stereocenters. The third-order valence-electron chi connectivity index (χ3n) is 3.46. The normalized spacial score (nSPS) is 17.6. The minimum Gasteiger partial charge on any atom is -0.372 e. The van der Waals surface area contributed by atoms with Crippen molar-refractivity contribution in [2.45, 2.75) is 25.7 Å². The molecule has 0 aliphatic carbocycles. The summed E-state index contributed by atoms with van der Waals surface area (Å²) in [6, 6.07) is 8.08. The smallest absolute Gasteiger partial charge is 0.252 e. The molecule has 0 spiro atoms. The number of amides is 1. The first kappa shape index (κ1) is 14.0. The van der Waals surface area contributed by atoms with Crippen LogP contribution in [0.4, 0.5) is 5.69 Å². The van der Waals surface area contributed by atoms with E-state index in [2.05, 4.69) is 6.07 Å². The number of para-hydroxylation sites is 1. The third kappa shape index (κ3) is 3.14. The van der Waals surface area contributed by atoms with Gasteiger partial charge in [0.25, 0.3) is 5.91 Å². The number of ether oxygens (including phenoxy) is 1. The zero-order valence-electron chi connectivity index (χ0n) is 11.5. The Labute approximate surface area is 114 Å². The van der Waals surface area contributed by atoms with E-state index in [9.17, 15) is 4.79 Å². The predicted molar refractivity (Wildman–Crippen MR) is 76.3 cm³/mol. The molecule has 1 aromatic rings. The molecule has 1 heterocycles. The van der Waals surface area contributed by atoms with Crippen LogP contribution < -0.4 is 10.6 Å². The highest BCUT2D eigenvalue weighted by molar-refractivity contribution is 5.96. The maximum atomic E-state index is 12.2. The predicted octanol–water partition coefficient (Wildman–Crippen LogP) is 1.89. The molecule has 104 valence electrons. The summed E-state index contributed by atoms with van der Waals surface area (Å²) < 4.78 is 5.35. The Morgan fingerprint density at radius 1 is 1.47 bits per heavy atom. The lowest BCUT2D eigenvalue weighted by molar-refractivity contribution is -0.123. The molecule has 19 heavy (non-hydrogen) atoms. The van der Waals surface area contributed by atoms with Gasteiger partial charge in [0.1, 0.15) is 6.61 Å². The Hall–Kier alpha value is -1.39. The molecule has 0 fully saturated rings. The van der Waals surface area contributed by atoms with E-state index in [1.807, 2.05) is 30.0 Å². The number of nitrogens with zero attached hydrogens (tertiary/aromatic N) is 1. The van der Waals surface area contributed by atoms with Crippen molar-refractivity contribution in [1.29, 1.82) is 0 Å². The molecule has 0 radical (unpaired) electrons. The number of carbonyl (C=O) groups excluding carboxylic acids is 1. The first-order valence-electron chi connectivity index (χ1n) is 6.95. The molecule has 2 N–H and O–H groups in total. The zero-order valence-corrected chi connectivity index (χ0v) is 11.5. The van der Waals surface area contributed by atoms with Crippen molar-refractivity contribution in [3.05, 3.63) is 29.8 Å². The van der Waals surface area contributed by atoms with Crippen molar-refractivity contribution >= 4 is 11.6 Å². The standard InChI is InChI=1S/C15H22N2O2/c1-2-9-19-11-15(18)17-10-12(7-8-16)13-5-3-4-6-14(13)17/h3-6,12H,2,7-11,16H2,1H3. The van der Waals surface area contributed by atoms with Gasteiger partial charge in [-0.3, -0.25) is 4.79 Å². The van der Waals surface area contributed by atoms with Gasteiger partial charge in [-0.05, 0) is 31.0 Å². The van der Waals surface area contributed by atoms with Crippen LogP contribution in [0.1, 0.15) is 31.2 Å². The highest BCUT2D eigenvalue weighted by atomic mass is 16.5. The van der Waals surface area contributed by atoms with Crippen molar-refractivity contribution in [3.8, 4) is 0 Å². The summed E-state index contributed by atoms with van der Waals surface area (Å²) in [6.07, 6.45) is 1.84. The van der Waals surface area contributed by atoms with E-state index >= 15 is 0 Å². The molecule has 4 heteroatoms. The molecular weight excluding hydrogens is 240 g/mol. The lowest BCUT2D eigenvalue weighted by Gasteiger charge is -2.17. The molecule has 0 saturated heterocycles. The van der Waals surface area contributed by atoms with Crippen molar-refractivity contribution < 1.29 is 9.53 Å². The van der Waals surface area contributed by atoms with Crippen molar-refractivity contribution in [2.75, 3.05) is 31.2 Å². The van der Waals surface area contributed by atoms with Crippen molar-refractivity contribution in [3.63, 3.8) is 0 Å². The van der Waals surface area contributed by atoms with Gasteiger partial charge in [0.15, 0.2) is 0 Å². The van der Waals surface area contributed by atoms with Gasteiger partial charge >= 0.3 is 0 Å². The summed E-state index contributed by atoms with van der Waals surface area (Å²) in [5.41, 5.74) is 7.91. The third-order valence-corrected chi connectivity index (χ3v) is 3.46. The van der Waals surface area contributed by atoms with Crippen LogP contribution in [-0.4, -0.2) is 32.2 Å². The van der Waals surface area contributed by atoms with Gasteiger partial charge in [0, 0.05) is 24.8 Å². The number of anilines is 1. The number of nitrogens with two attached hydrogens (primary N) is 1. The molecule has 1 amide bonds. The largest absolute Gasteiger partial charge is 0.372 e. The first-order valence-corrected chi connectivity index (χ1v) is 6.95. The van der Waals surface area contributed by atoms with Gasteiger partial charge in [-0.2, -0.15) is 0 Å². The minimum atomic E-state index is 0.0421. The fourth-order valence-electron chi connectivity index (χ4n) is 2.56. The van der Waals surface area contributed by atoms with Crippen LogP contribution >= 0.6 is 0 Å². The summed E-state index contributed by atoms with van der Waals surface area (Å²) in [5, 5.41) is 0. The van der Waals surface area contributed by atoms with E-state index in [0.29, 0.717) is 19.1 Å². The molecule has 1 aliphatic rings. The molecule has 0 aromatic heterocycles. The molecule has 1 unspecified atom stereocenters. The summed E-state index contributed by atoms with van der Waals surface area (Å²) in [7, 11) is 0. The van der Waals surface area contributed by atoms with E-state index in [-0.39, 0.29) is 12.5 Å². The first-order chi connectivity index (χ1) is 9.27. The monoisotopic (exact) mass is 262 g/mol. The Morgan fingerprint density at radius 2 is 2.26 bits per heavy atom. The number of rotatable bonds is 6. The van der Waals surface area contributed by atoms with Gasteiger partial charge in [0.05, 0.1) is 0 Å². The number of benzene rings is 1. The van der Waals surface area contributed by atoms with Gasteiger partial charge in [-0.25, -0.2) is 0 Å². The summed E-state index contributed by atoms with van der Waals surface area (Å²) in [5.74, 6) is 0.400. The molecule has 1 aliphatic heterocycles. The van der Waals surface area contributed by atoms with Crippen molar-refractivity contribution in [1.82, 2.24) is 0 Å². The second-order valence-corrected chi connectivity index (χ2v) is 4.89. The number of fused-ring (bicyclic) bond motifs is 1. The lowest BCUT2D eigenvalue weighted by Crippen LogP contribution is -2.33. The molecular formula is C15H22N2O2. The Morgan fingerprint density at radius 3 is 3.00 bits per heavy atom. The Bertz CT molecular complexity index is 434. The van der Waals surface area contributed by atoms with Gasteiger partial charge in [0.2, 0.25) is 0 Å². The van der Waals surface area contributed by atoms with Gasteiger partial charge in [-0.1, -0.05) is 25.1 Å². The van der Waals surface area contributed by atoms with Crippen molar-refractivity contribution in [2.24, 2.45) is 5.73 Å². The fraction of sp³-hybridized carbons (Fsp3) is 0.533. The van der Waals surface area contributed by atoms with Crippen LogP contribution in [0.5, 0.6) is 0 Å². The summed E-state index contributed by atoms with van der Waals surface area (Å²) in [6.45, 7) is 4.20. The van der Waals surface area contributed by atoms with E-state index in [4.69, 9.17) is 10.5 Å². The summed E-state index contributed by atoms with van der Waals surface area (Å²) >= 11 is 0. The zero-order chi connectivity index (χ0) is 13.7. The number of carbonyl (C=O) groups is 1. The van der Waals surface area contributed by atoms with Gasteiger partial charge < -0.3 is 15.4 Å². The average molecular weight is 262 g/mol. The topological polar surface area (TPSA) is 55.6 Å². The van der Waals surface area contributed by atoms with Crippen LogP contribution in [0.3, 0.4) is 0 Å². The van der Waals surface area contributed by atoms with Crippen LogP contribution in [0.15, 0.2) is 24.3 Å². The SMILES string of the molecule is CCCOCC(=O)N1CC(CCN)c2ccccc21. The molecule has 0 saturated carbocycles. The van der Waals surface area contributed by atoms with E-state index < -0.39 is 0 Å². The maximum Gasteiger partial charge on any atom is 0.252 e. The second kappa shape index (κ2) is 6.68. The van der Waals surface area contributed by atoms with E-state index in [1.165, 1.54) is 5.56 Å². The molecule has 4 nitrogen and oxygen atoms in total. The van der Waals surface area contributed by atoms with Gasteiger partial charge in [-0.15, -0.1) is 0 Å². The quantitative estimate of drug-likeness (QED) is 0.797. The molecule has 1 aromatic carbocycles. The second-order valence-electron chi connectivity index (χ2n) is 4.89. The van der Waals surface area contributed by atoms with Crippen LogP contribution in [0.2, 0.25) is 0 Å². The Kier molecular flexibility index (Phi) is 4.93. The van der Waals surface area contributed by atoms with Crippen LogP contribution in [0, 0.1) is 0 Å². The highest BCUT2D eigenvalue weighted by Crippen LogP contribution is 2.37. The number of hydrogen-bond acceptors (Lipinski definition) is 3. The van der Waals surface area contributed by atoms with Crippen LogP contribution in [-0.2, 0) is 9.53 Å². The minimum absolute atomic E-state index is 0.0421. The molecule has 2 rings (SSSR count). The maximum absolute atomic E-state index is 12.2.